The lowest BCUT2D eigenvalue weighted by molar-refractivity contribution is 0.261. The van der Waals surface area contributed by atoms with Crippen LogP contribution in [0.15, 0.2) is 18.2 Å². The molecule has 0 radical (unpaired) electrons. The predicted molar refractivity (Wildman–Crippen MR) is 57.7 cm³/mol. The highest BCUT2D eigenvalue weighted by atomic mass is 35.5. The van der Waals surface area contributed by atoms with E-state index in [1.165, 1.54) is 0 Å². The lowest BCUT2D eigenvalue weighted by atomic mass is 10.2. The first kappa shape index (κ1) is 10.7. The van der Waals surface area contributed by atoms with Crippen molar-refractivity contribution in [2.45, 2.75) is 6.54 Å². The minimum atomic E-state index is -0.406. The molecule has 2 nitrogen and oxygen atoms in total. The molecule has 5 heteroatoms. The molecule has 0 atom stereocenters. The average molecular weight is 236 g/mol. The Morgan fingerprint density at radius 1 is 1.38 bits per heavy atom. The Bertz CT molecular complexity index is 310. The quantitative estimate of drug-likeness (QED) is 0.759. The summed E-state index contributed by atoms with van der Waals surface area (Å²) < 4.78 is 0. The van der Waals surface area contributed by atoms with Crippen molar-refractivity contribution in [1.29, 1.82) is 0 Å². The van der Waals surface area contributed by atoms with Crippen LogP contribution in [0.2, 0.25) is 10.0 Å². The molecule has 1 aromatic carbocycles. The number of thiol groups is 1. The maximum Gasteiger partial charge on any atom is 0.276 e. The molecule has 0 saturated carbocycles. The summed E-state index contributed by atoms with van der Waals surface area (Å²) in [5, 5.41) is 3.17. The number of carbonyl (C=O) groups excluding carboxylic acids is 1. The highest BCUT2D eigenvalue weighted by Crippen LogP contribution is 2.23. The van der Waals surface area contributed by atoms with Gasteiger partial charge in [0.2, 0.25) is 0 Å². The smallest absolute Gasteiger partial charge is 0.276 e. The zero-order valence-corrected chi connectivity index (χ0v) is 8.96. The van der Waals surface area contributed by atoms with Gasteiger partial charge in [-0.25, -0.2) is 0 Å². The standard InChI is InChI=1S/C8H7Cl2NOS/c9-6-2-1-3-7(10)5(6)4-11-8(12)13/h1-3H,4H2,(H2,11,12,13). The summed E-state index contributed by atoms with van der Waals surface area (Å²) in [6.07, 6.45) is 0. The normalized spacial score (nSPS) is 9.77. The van der Waals surface area contributed by atoms with E-state index in [2.05, 4.69) is 17.9 Å². The van der Waals surface area contributed by atoms with E-state index in [4.69, 9.17) is 23.2 Å². The molecule has 1 amide bonds. The summed E-state index contributed by atoms with van der Waals surface area (Å²) in [4.78, 5) is 10.5. The van der Waals surface area contributed by atoms with Gasteiger partial charge in [-0.1, -0.05) is 41.9 Å². The highest BCUT2D eigenvalue weighted by molar-refractivity contribution is 7.96. The van der Waals surface area contributed by atoms with Crippen LogP contribution >= 0.6 is 35.8 Å². The molecule has 13 heavy (non-hydrogen) atoms. The molecule has 0 heterocycles. The Labute approximate surface area is 91.6 Å². The van der Waals surface area contributed by atoms with Crippen LogP contribution in [-0.2, 0) is 6.54 Å². The van der Waals surface area contributed by atoms with Gasteiger partial charge in [-0.2, -0.15) is 0 Å². The first-order chi connectivity index (χ1) is 6.11. The van der Waals surface area contributed by atoms with Crippen LogP contribution in [0.25, 0.3) is 0 Å². The van der Waals surface area contributed by atoms with E-state index in [9.17, 15) is 4.79 Å². The van der Waals surface area contributed by atoms with Crippen molar-refractivity contribution >= 4 is 41.1 Å². The third-order valence-corrected chi connectivity index (χ3v) is 2.34. The molecule has 1 N–H and O–H groups in total. The van der Waals surface area contributed by atoms with Crippen molar-refractivity contribution in [3.8, 4) is 0 Å². The zero-order valence-electron chi connectivity index (χ0n) is 6.55. The maximum atomic E-state index is 10.5. The van der Waals surface area contributed by atoms with Gasteiger partial charge in [0.05, 0.1) is 0 Å². The molecule has 0 aromatic heterocycles. The lowest BCUT2D eigenvalue weighted by Crippen LogP contribution is -2.16. The third-order valence-electron chi connectivity index (χ3n) is 1.48. The van der Waals surface area contributed by atoms with E-state index in [1.807, 2.05) is 0 Å². The zero-order chi connectivity index (χ0) is 9.84. The fourth-order valence-electron chi connectivity index (χ4n) is 0.865. The molecule has 1 aromatic rings. The highest BCUT2D eigenvalue weighted by Gasteiger charge is 2.05. The number of amides is 1. The first-order valence-corrected chi connectivity index (χ1v) is 4.71. The van der Waals surface area contributed by atoms with Crippen molar-refractivity contribution in [3.63, 3.8) is 0 Å². The Hall–Kier alpha value is -0.380. The molecule has 0 saturated heterocycles. The number of halogens is 2. The van der Waals surface area contributed by atoms with E-state index >= 15 is 0 Å². The number of hydrogen-bond donors (Lipinski definition) is 2. The van der Waals surface area contributed by atoms with Gasteiger partial charge in [0.25, 0.3) is 5.24 Å². The van der Waals surface area contributed by atoms with Gasteiger partial charge in [-0.05, 0) is 12.1 Å². The van der Waals surface area contributed by atoms with Crippen LogP contribution in [0, 0.1) is 0 Å². The molecule has 0 spiro atoms. The van der Waals surface area contributed by atoms with Crippen molar-refractivity contribution in [3.05, 3.63) is 33.8 Å². The maximum absolute atomic E-state index is 10.5. The second-order valence-corrected chi connectivity index (χ2v) is 3.58. The molecular formula is C8H7Cl2NOS. The van der Waals surface area contributed by atoms with Gasteiger partial charge < -0.3 is 5.32 Å². The van der Waals surface area contributed by atoms with E-state index in [-0.39, 0.29) is 0 Å². The molecule has 1 rings (SSSR count). The number of benzene rings is 1. The fraction of sp³-hybridized carbons (Fsp3) is 0.125. The van der Waals surface area contributed by atoms with Crippen LogP contribution < -0.4 is 5.32 Å². The van der Waals surface area contributed by atoms with Crippen LogP contribution in [0.1, 0.15) is 5.56 Å². The topological polar surface area (TPSA) is 29.1 Å². The Morgan fingerprint density at radius 2 is 1.92 bits per heavy atom. The molecule has 0 bridgehead atoms. The molecule has 0 aliphatic carbocycles. The third kappa shape index (κ3) is 3.10. The molecule has 0 unspecified atom stereocenters. The van der Waals surface area contributed by atoms with Gasteiger partial charge >= 0.3 is 0 Å². The number of carbonyl (C=O) groups is 1. The van der Waals surface area contributed by atoms with Crippen LogP contribution in [0.4, 0.5) is 4.79 Å². The molecule has 0 aliphatic rings. The van der Waals surface area contributed by atoms with Crippen LogP contribution in [0.5, 0.6) is 0 Å². The minimum absolute atomic E-state index is 0.292. The summed E-state index contributed by atoms with van der Waals surface area (Å²) in [5.74, 6) is 0. The average Bonchev–Trinajstić information content (AvgIpc) is 2.03. The lowest BCUT2D eigenvalue weighted by Gasteiger charge is -2.06. The van der Waals surface area contributed by atoms with Gasteiger partial charge in [0, 0.05) is 22.2 Å². The molecular weight excluding hydrogens is 229 g/mol. The SMILES string of the molecule is O=C(S)NCc1c(Cl)cccc1Cl. The number of rotatable bonds is 2. The summed E-state index contributed by atoms with van der Waals surface area (Å²) >= 11 is 15.3. The van der Waals surface area contributed by atoms with E-state index in [1.54, 1.807) is 18.2 Å². The van der Waals surface area contributed by atoms with Gasteiger partial charge in [-0.3, -0.25) is 4.79 Å². The Balaban J connectivity index is 2.81. The van der Waals surface area contributed by atoms with Gasteiger partial charge in [0.15, 0.2) is 0 Å². The fourth-order valence-corrected chi connectivity index (χ4v) is 1.48. The number of hydrogen-bond acceptors (Lipinski definition) is 1. The number of nitrogens with one attached hydrogen (secondary N) is 1. The van der Waals surface area contributed by atoms with E-state index < -0.39 is 5.24 Å². The Morgan fingerprint density at radius 3 is 2.38 bits per heavy atom. The molecule has 70 valence electrons. The molecule has 0 fully saturated rings. The Kier molecular flexibility index (Phi) is 3.90. The van der Waals surface area contributed by atoms with E-state index in [0.29, 0.717) is 22.2 Å². The van der Waals surface area contributed by atoms with Gasteiger partial charge in [0.1, 0.15) is 0 Å². The largest absolute Gasteiger partial charge is 0.343 e. The first-order valence-electron chi connectivity index (χ1n) is 3.51. The summed E-state index contributed by atoms with van der Waals surface area (Å²) in [5.41, 5.74) is 0.702. The van der Waals surface area contributed by atoms with E-state index in [0.717, 1.165) is 0 Å². The van der Waals surface area contributed by atoms with Crippen LogP contribution in [0.3, 0.4) is 0 Å². The van der Waals surface area contributed by atoms with Gasteiger partial charge in [-0.15, -0.1) is 0 Å². The van der Waals surface area contributed by atoms with Crippen molar-refractivity contribution in [2.24, 2.45) is 0 Å². The summed E-state index contributed by atoms with van der Waals surface area (Å²) in [7, 11) is 0. The van der Waals surface area contributed by atoms with Crippen molar-refractivity contribution < 1.29 is 4.79 Å². The van der Waals surface area contributed by atoms with Crippen molar-refractivity contribution in [1.82, 2.24) is 5.32 Å². The van der Waals surface area contributed by atoms with Crippen LogP contribution in [-0.4, -0.2) is 5.24 Å². The second-order valence-electron chi connectivity index (χ2n) is 2.36. The molecule has 0 aliphatic heterocycles. The summed E-state index contributed by atoms with van der Waals surface area (Å²) in [6, 6.07) is 5.18. The van der Waals surface area contributed by atoms with Crippen molar-refractivity contribution in [2.75, 3.05) is 0 Å². The predicted octanol–water partition coefficient (Wildman–Crippen LogP) is 3.13. The summed E-state index contributed by atoms with van der Waals surface area (Å²) in [6.45, 7) is 0.292. The monoisotopic (exact) mass is 235 g/mol. The minimum Gasteiger partial charge on any atom is -0.343 e. The second kappa shape index (κ2) is 4.74.